The van der Waals surface area contributed by atoms with Crippen LogP contribution in [0.25, 0.3) is 0 Å². The van der Waals surface area contributed by atoms with Crippen molar-refractivity contribution in [3.63, 3.8) is 0 Å². The summed E-state index contributed by atoms with van der Waals surface area (Å²) in [6.07, 6.45) is 62.1. The monoisotopic (exact) mass is 719 g/mol. The second-order valence-corrected chi connectivity index (χ2v) is 17.1. The number of aliphatic carboxylic acids is 1. The summed E-state index contributed by atoms with van der Waals surface area (Å²) in [4.78, 5) is 11.8. The fraction of sp³-hybridized carbons (Fsp3) is 0.980. The average Bonchev–Trinajstić information content (AvgIpc) is 3.13. The minimum Gasteiger partial charge on any atom is -0.481 e. The quantitative estimate of drug-likeness (QED) is 0.0636. The second-order valence-electron chi connectivity index (χ2n) is 17.1. The van der Waals surface area contributed by atoms with Gasteiger partial charge in [-0.3, -0.25) is 4.79 Å². The van der Waals surface area contributed by atoms with E-state index in [1.54, 1.807) is 0 Å². The third-order valence-corrected chi connectivity index (χ3v) is 11.9. The van der Waals surface area contributed by atoms with Gasteiger partial charge in [-0.15, -0.1) is 0 Å². The first kappa shape index (κ1) is 50.5. The lowest BCUT2D eigenvalue weighted by Crippen LogP contribution is -2.13. The van der Waals surface area contributed by atoms with Crippen LogP contribution in [-0.2, 0) is 4.79 Å². The molecule has 0 heterocycles. The van der Waals surface area contributed by atoms with Gasteiger partial charge in [-0.2, -0.15) is 0 Å². The van der Waals surface area contributed by atoms with Gasteiger partial charge in [0.25, 0.3) is 0 Å². The standard InChI is InChI=1S/C49H98O2/c1-3-5-7-9-11-13-15-17-19-21-23-25-27-29-31-33-35-37-39-41-43-45-47-48(49(50)51)46-44-42-40-38-36-34-32-30-28-26-24-22-20-18-16-14-12-10-8-6-4-2/h48H,3-47H2,1-2H3,(H,50,51). The zero-order valence-electron chi connectivity index (χ0n) is 35.8. The van der Waals surface area contributed by atoms with Crippen molar-refractivity contribution in [2.75, 3.05) is 0 Å². The summed E-state index contributed by atoms with van der Waals surface area (Å²) in [7, 11) is 0. The highest BCUT2D eigenvalue weighted by Crippen LogP contribution is 2.21. The van der Waals surface area contributed by atoms with Crippen molar-refractivity contribution in [2.24, 2.45) is 5.92 Å². The summed E-state index contributed by atoms with van der Waals surface area (Å²) in [6.45, 7) is 4.60. The van der Waals surface area contributed by atoms with E-state index >= 15 is 0 Å². The Morgan fingerprint density at radius 3 is 0.549 bits per heavy atom. The van der Waals surface area contributed by atoms with E-state index in [-0.39, 0.29) is 5.92 Å². The summed E-state index contributed by atoms with van der Waals surface area (Å²) in [5, 5.41) is 9.71. The smallest absolute Gasteiger partial charge is 0.306 e. The van der Waals surface area contributed by atoms with Gasteiger partial charge in [0.1, 0.15) is 0 Å². The van der Waals surface area contributed by atoms with Crippen molar-refractivity contribution >= 4 is 5.97 Å². The lowest BCUT2D eigenvalue weighted by atomic mass is 9.94. The maximum atomic E-state index is 11.8. The van der Waals surface area contributed by atoms with Crippen molar-refractivity contribution in [1.82, 2.24) is 0 Å². The number of unbranched alkanes of at least 4 members (excludes halogenated alkanes) is 41. The van der Waals surface area contributed by atoms with Crippen molar-refractivity contribution < 1.29 is 9.90 Å². The Bertz CT molecular complexity index is 630. The summed E-state index contributed by atoms with van der Waals surface area (Å²) < 4.78 is 0. The van der Waals surface area contributed by atoms with Gasteiger partial charge >= 0.3 is 5.97 Å². The first-order chi connectivity index (χ1) is 25.2. The van der Waals surface area contributed by atoms with Crippen LogP contribution in [0, 0.1) is 5.92 Å². The molecule has 0 aromatic rings. The van der Waals surface area contributed by atoms with E-state index < -0.39 is 5.97 Å². The number of hydrogen-bond donors (Lipinski definition) is 1. The molecule has 0 aliphatic carbocycles. The van der Waals surface area contributed by atoms with Crippen molar-refractivity contribution in [2.45, 2.75) is 303 Å². The van der Waals surface area contributed by atoms with Gasteiger partial charge in [0.2, 0.25) is 0 Å². The molecule has 306 valence electrons. The molecule has 51 heavy (non-hydrogen) atoms. The van der Waals surface area contributed by atoms with Crippen LogP contribution in [0.4, 0.5) is 0 Å². The Balaban J connectivity index is 3.33. The molecule has 0 aromatic carbocycles. The predicted molar refractivity (Wildman–Crippen MR) is 230 cm³/mol. The molecular formula is C49H98O2. The largest absolute Gasteiger partial charge is 0.481 e. The summed E-state index contributed by atoms with van der Waals surface area (Å²) in [5.74, 6) is -0.651. The number of carboxylic acids is 1. The highest BCUT2D eigenvalue weighted by molar-refractivity contribution is 5.69. The minimum absolute atomic E-state index is 0.101. The molecule has 0 aliphatic heterocycles. The van der Waals surface area contributed by atoms with Gasteiger partial charge in [0.15, 0.2) is 0 Å². The fourth-order valence-corrected chi connectivity index (χ4v) is 8.21. The van der Waals surface area contributed by atoms with Crippen molar-refractivity contribution in [3.05, 3.63) is 0 Å². The van der Waals surface area contributed by atoms with Crippen molar-refractivity contribution in [1.29, 1.82) is 0 Å². The van der Waals surface area contributed by atoms with E-state index in [9.17, 15) is 9.90 Å². The molecule has 2 heteroatoms. The molecular weight excluding hydrogens is 621 g/mol. The molecule has 1 unspecified atom stereocenters. The van der Waals surface area contributed by atoms with E-state index in [2.05, 4.69) is 13.8 Å². The molecule has 0 fully saturated rings. The number of rotatable bonds is 46. The zero-order valence-corrected chi connectivity index (χ0v) is 35.8. The van der Waals surface area contributed by atoms with Crippen LogP contribution in [0.15, 0.2) is 0 Å². The van der Waals surface area contributed by atoms with Crippen LogP contribution in [0.5, 0.6) is 0 Å². The molecule has 0 aromatic heterocycles. The second kappa shape index (κ2) is 45.6. The molecule has 0 rings (SSSR count). The van der Waals surface area contributed by atoms with Crippen LogP contribution in [0.3, 0.4) is 0 Å². The number of hydrogen-bond acceptors (Lipinski definition) is 1. The molecule has 1 atom stereocenters. The third-order valence-electron chi connectivity index (χ3n) is 11.9. The lowest BCUT2D eigenvalue weighted by Gasteiger charge is -2.12. The molecule has 0 saturated heterocycles. The maximum Gasteiger partial charge on any atom is 0.306 e. The van der Waals surface area contributed by atoms with Crippen LogP contribution in [-0.4, -0.2) is 11.1 Å². The minimum atomic E-state index is -0.549. The van der Waals surface area contributed by atoms with E-state index in [4.69, 9.17) is 0 Å². The van der Waals surface area contributed by atoms with E-state index in [1.807, 2.05) is 0 Å². The predicted octanol–water partition coefficient (Wildman–Crippen LogP) is 18.3. The van der Waals surface area contributed by atoms with E-state index in [0.29, 0.717) is 0 Å². The molecule has 0 radical (unpaired) electrons. The van der Waals surface area contributed by atoms with Gasteiger partial charge in [0.05, 0.1) is 5.92 Å². The number of carboxylic acid groups (broad SMARTS) is 1. The highest BCUT2D eigenvalue weighted by atomic mass is 16.4. The molecule has 0 bridgehead atoms. The summed E-state index contributed by atoms with van der Waals surface area (Å²) in [6, 6.07) is 0. The maximum absolute atomic E-state index is 11.8. The molecule has 0 aliphatic rings. The molecule has 1 N–H and O–H groups in total. The van der Waals surface area contributed by atoms with Gasteiger partial charge < -0.3 is 5.11 Å². The SMILES string of the molecule is CCCCCCCCCCCCCCCCCCCCCCCCC(CCCCCCCCCCCCCCCCCCCCCCC)C(=O)O. The molecule has 0 amide bonds. The molecule has 0 saturated carbocycles. The van der Waals surface area contributed by atoms with Crippen LogP contribution in [0.1, 0.15) is 303 Å². The van der Waals surface area contributed by atoms with Gasteiger partial charge in [-0.1, -0.05) is 290 Å². The first-order valence-corrected chi connectivity index (χ1v) is 24.4. The zero-order chi connectivity index (χ0) is 37.0. The lowest BCUT2D eigenvalue weighted by molar-refractivity contribution is -0.142. The Hall–Kier alpha value is -0.530. The molecule has 0 spiro atoms. The highest BCUT2D eigenvalue weighted by Gasteiger charge is 2.16. The molecule has 2 nitrogen and oxygen atoms in total. The van der Waals surface area contributed by atoms with Gasteiger partial charge in [-0.05, 0) is 12.8 Å². The van der Waals surface area contributed by atoms with Gasteiger partial charge in [0, 0.05) is 0 Å². The fourth-order valence-electron chi connectivity index (χ4n) is 8.21. The first-order valence-electron chi connectivity index (χ1n) is 24.4. The normalized spacial score (nSPS) is 12.2. The van der Waals surface area contributed by atoms with Crippen LogP contribution in [0.2, 0.25) is 0 Å². The van der Waals surface area contributed by atoms with Crippen LogP contribution < -0.4 is 0 Å². The van der Waals surface area contributed by atoms with Crippen molar-refractivity contribution in [3.8, 4) is 0 Å². The number of carbonyl (C=O) groups is 1. The Morgan fingerprint density at radius 1 is 0.275 bits per heavy atom. The summed E-state index contributed by atoms with van der Waals surface area (Å²) >= 11 is 0. The Morgan fingerprint density at radius 2 is 0.412 bits per heavy atom. The van der Waals surface area contributed by atoms with Gasteiger partial charge in [-0.25, -0.2) is 0 Å². The Labute approximate surface area is 323 Å². The average molecular weight is 719 g/mol. The Kier molecular flexibility index (Phi) is 45.2. The third kappa shape index (κ3) is 43.8. The van der Waals surface area contributed by atoms with E-state index in [0.717, 1.165) is 25.7 Å². The summed E-state index contributed by atoms with van der Waals surface area (Å²) in [5.41, 5.74) is 0. The van der Waals surface area contributed by atoms with Crippen LogP contribution >= 0.6 is 0 Å². The topological polar surface area (TPSA) is 37.3 Å². The van der Waals surface area contributed by atoms with E-state index in [1.165, 1.54) is 263 Å².